The first-order valence-corrected chi connectivity index (χ1v) is 5.24. The monoisotopic (exact) mass is 218 g/mol. The second-order valence-electron chi connectivity index (χ2n) is 4.11. The van der Waals surface area contributed by atoms with Crippen molar-refractivity contribution < 1.29 is 4.39 Å². The van der Waals surface area contributed by atoms with E-state index >= 15 is 0 Å². The van der Waals surface area contributed by atoms with Crippen LogP contribution in [0.4, 0.5) is 4.39 Å². The van der Waals surface area contributed by atoms with Crippen molar-refractivity contribution >= 4 is 10.9 Å². The zero-order valence-electron chi connectivity index (χ0n) is 8.61. The van der Waals surface area contributed by atoms with Gasteiger partial charge in [0.15, 0.2) is 0 Å². The lowest BCUT2D eigenvalue weighted by atomic mass is 9.99. The van der Waals surface area contributed by atoms with Crippen molar-refractivity contribution in [3.63, 3.8) is 0 Å². The lowest BCUT2D eigenvalue weighted by molar-refractivity contribution is 0.562. The van der Waals surface area contributed by atoms with Crippen LogP contribution < -0.4 is 11.3 Å². The third kappa shape index (κ3) is 1.08. The molecule has 0 radical (unpaired) electrons. The summed E-state index contributed by atoms with van der Waals surface area (Å²) < 4.78 is 15.4. The molecule has 0 bridgehead atoms. The van der Waals surface area contributed by atoms with Crippen molar-refractivity contribution in [2.75, 3.05) is 6.54 Å². The van der Waals surface area contributed by atoms with E-state index in [2.05, 4.69) is 0 Å². The van der Waals surface area contributed by atoms with E-state index in [1.54, 1.807) is 16.7 Å². The van der Waals surface area contributed by atoms with Crippen molar-refractivity contribution in [1.29, 1.82) is 0 Å². The highest BCUT2D eigenvalue weighted by Crippen LogP contribution is 2.33. The Morgan fingerprint density at radius 2 is 2.12 bits per heavy atom. The van der Waals surface area contributed by atoms with Gasteiger partial charge in [-0.3, -0.25) is 4.79 Å². The third-order valence-corrected chi connectivity index (χ3v) is 3.23. The van der Waals surface area contributed by atoms with E-state index in [9.17, 15) is 9.18 Å². The molecule has 0 amide bonds. The van der Waals surface area contributed by atoms with E-state index in [4.69, 9.17) is 5.73 Å². The van der Waals surface area contributed by atoms with Crippen molar-refractivity contribution in [3.05, 3.63) is 46.0 Å². The maximum absolute atomic E-state index is 13.8. The van der Waals surface area contributed by atoms with Crippen molar-refractivity contribution in [2.45, 2.75) is 12.5 Å². The number of nitrogens with zero attached hydrogens (tertiary/aromatic N) is 1. The first kappa shape index (κ1) is 9.54. The fourth-order valence-electron chi connectivity index (χ4n) is 2.47. The zero-order chi connectivity index (χ0) is 11.3. The number of pyridine rings is 1. The second kappa shape index (κ2) is 3.15. The lowest BCUT2D eigenvalue weighted by Gasteiger charge is -2.07. The number of hydrogen-bond donors (Lipinski definition) is 1. The van der Waals surface area contributed by atoms with E-state index in [1.807, 2.05) is 0 Å². The number of nitrogens with two attached hydrogens (primary N) is 1. The molecule has 82 valence electrons. The van der Waals surface area contributed by atoms with Gasteiger partial charge in [0.25, 0.3) is 5.56 Å². The molecule has 3 nitrogen and oxygen atoms in total. The summed E-state index contributed by atoms with van der Waals surface area (Å²) in [6, 6.07) is 6.39. The van der Waals surface area contributed by atoms with Gasteiger partial charge in [-0.25, -0.2) is 4.39 Å². The quantitative estimate of drug-likeness (QED) is 0.781. The number of aromatic nitrogens is 1. The Labute approximate surface area is 91.3 Å². The van der Waals surface area contributed by atoms with Crippen LogP contribution in [0.1, 0.15) is 11.5 Å². The third-order valence-electron chi connectivity index (χ3n) is 3.23. The van der Waals surface area contributed by atoms with Crippen molar-refractivity contribution in [2.24, 2.45) is 5.73 Å². The molecule has 1 aliphatic heterocycles. The molecule has 3 rings (SSSR count). The SMILES string of the molecule is NCC1Cn2c(=O)ccc3ccc(F)c1c32. The predicted molar refractivity (Wildman–Crippen MR) is 60.0 cm³/mol. The van der Waals surface area contributed by atoms with Crippen LogP contribution in [0.3, 0.4) is 0 Å². The predicted octanol–water partition coefficient (Wildman–Crippen LogP) is 1.20. The van der Waals surface area contributed by atoms with Gasteiger partial charge in [0, 0.05) is 30.6 Å². The maximum atomic E-state index is 13.8. The molecule has 2 heterocycles. The smallest absolute Gasteiger partial charge is 0.251 e. The highest BCUT2D eigenvalue weighted by molar-refractivity contribution is 5.84. The number of halogens is 1. The lowest BCUT2D eigenvalue weighted by Crippen LogP contribution is -2.19. The summed E-state index contributed by atoms with van der Waals surface area (Å²) in [6.07, 6.45) is 0. The highest BCUT2D eigenvalue weighted by Gasteiger charge is 2.27. The Balaban J connectivity index is 2.49. The van der Waals surface area contributed by atoms with Crippen LogP contribution in [-0.4, -0.2) is 11.1 Å². The molecule has 0 fully saturated rings. The standard InChI is InChI=1S/C12H11FN2O/c13-9-3-1-7-2-4-10(16)15-6-8(5-14)11(9)12(7)15/h1-4,8H,5-6,14H2. The molecule has 0 aliphatic carbocycles. The van der Waals surface area contributed by atoms with Gasteiger partial charge in [-0.2, -0.15) is 0 Å². The Bertz CT molecular complexity index is 633. The van der Waals surface area contributed by atoms with Crippen molar-refractivity contribution in [3.8, 4) is 0 Å². The van der Waals surface area contributed by atoms with Gasteiger partial charge in [0.1, 0.15) is 5.82 Å². The van der Waals surface area contributed by atoms with Crippen LogP contribution in [0, 0.1) is 5.82 Å². The number of benzene rings is 1. The Morgan fingerprint density at radius 1 is 1.38 bits per heavy atom. The topological polar surface area (TPSA) is 48.0 Å². The van der Waals surface area contributed by atoms with E-state index in [0.717, 1.165) is 5.39 Å². The van der Waals surface area contributed by atoms with Crippen LogP contribution in [-0.2, 0) is 6.54 Å². The Kier molecular flexibility index (Phi) is 1.88. The average Bonchev–Trinajstić information content (AvgIpc) is 2.68. The highest BCUT2D eigenvalue weighted by atomic mass is 19.1. The van der Waals surface area contributed by atoms with Crippen LogP contribution in [0.15, 0.2) is 29.1 Å². The van der Waals surface area contributed by atoms with Crippen molar-refractivity contribution in [1.82, 2.24) is 4.57 Å². The fraction of sp³-hybridized carbons (Fsp3) is 0.250. The van der Waals surface area contributed by atoms with E-state index < -0.39 is 0 Å². The molecule has 0 saturated carbocycles. The van der Waals surface area contributed by atoms with Crippen LogP contribution in [0.25, 0.3) is 10.9 Å². The molecule has 0 saturated heterocycles. The summed E-state index contributed by atoms with van der Waals surface area (Å²) in [5.74, 6) is -0.349. The van der Waals surface area contributed by atoms with E-state index in [-0.39, 0.29) is 17.3 Å². The average molecular weight is 218 g/mol. The van der Waals surface area contributed by atoms with Gasteiger partial charge in [-0.15, -0.1) is 0 Å². The number of rotatable bonds is 1. The summed E-state index contributed by atoms with van der Waals surface area (Å²) in [4.78, 5) is 11.7. The Morgan fingerprint density at radius 3 is 2.88 bits per heavy atom. The largest absolute Gasteiger partial charge is 0.330 e. The molecule has 0 spiro atoms. The summed E-state index contributed by atoms with van der Waals surface area (Å²) in [6.45, 7) is 0.847. The van der Waals surface area contributed by atoms with Gasteiger partial charge < -0.3 is 10.3 Å². The summed E-state index contributed by atoms with van der Waals surface area (Å²) in [5, 5.41) is 0.895. The minimum Gasteiger partial charge on any atom is -0.330 e. The number of hydrogen-bond acceptors (Lipinski definition) is 2. The van der Waals surface area contributed by atoms with Gasteiger partial charge >= 0.3 is 0 Å². The molecule has 1 unspecified atom stereocenters. The molecule has 1 aromatic carbocycles. The van der Waals surface area contributed by atoms with Crippen LogP contribution in [0.5, 0.6) is 0 Å². The summed E-state index contributed by atoms with van der Waals surface area (Å²) in [7, 11) is 0. The molecule has 1 aromatic heterocycles. The van der Waals surface area contributed by atoms with Gasteiger partial charge in [-0.05, 0) is 23.6 Å². The molecular formula is C12H11FN2O. The minimum atomic E-state index is -0.264. The molecular weight excluding hydrogens is 207 g/mol. The van der Waals surface area contributed by atoms with E-state index in [1.165, 1.54) is 12.1 Å². The summed E-state index contributed by atoms with van der Waals surface area (Å²) >= 11 is 0. The van der Waals surface area contributed by atoms with Gasteiger partial charge in [0.05, 0.1) is 5.52 Å². The zero-order valence-corrected chi connectivity index (χ0v) is 8.61. The minimum absolute atomic E-state index is 0.0844. The van der Waals surface area contributed by atoms with Gasteiger partial charge in [-0.1, -0.05) is 0 Å². The normalized spacial score (nSPS) is 18.2. The first-order chi connectivity index (χ1) is 7.72. The van der Waals surface area contributed by atoms with Gasteiger partial charge in [0.2, 0.25) is 0 Å². The van der Waals surface area contributed by atoms with Crippen LogP contribution in [0.2, 0.25) is 0 Å². The molecule has 1 atom stereocenters. The fourth-order valence-corrected chi connectivity index (χ4v) is 2.47. The van der Waals surface area contributed by atoms with E-state index in [0.29, 0.717) is 24.2 Å². The Hall–Kier alpha value is -1.68. The molecule has 1 aliphatic rings. The van der Waals surface area contributed by atoms with Crippen LogP contribution >= 0.6 is 0 Å². The molecule has 2 N–H and O–H groups in total. The molecule has 16 heavy (non-hydrogen) atoms. The molecule has 4 heteroatoms. The first-order valence-electron chi connectivity index (χ1n) is 5.24. The maximum Gasteiger partial charge on any atom is 0.251 e. The second-order valence-corrected chi connectivity index (χ2v) is 4.11. The summed E-state index contributed by atoms with van der Waals surface area (Å²) in [5.41, 5.74) is 6.84. The molecule has 2 aromatic rings.